The summed E-state index contributed by atoms with van der Waals surface area (Å²) in [7, 11) is 0. The van der Waals surface area contributed by atoms with E-state index in [0.29, 0.717) is 6.42 Å². The molecule has 0 aliphatic carbocycles. The number of benzene rings is 1. The number of rotatable bonds is 6. The molecule has 0 aromatic heterocycles. The van der Waals surface area contributed by atoms with E-state index >= 15 is 0 Å². The van der Waals surface area contributed by atoms with E-state index < -0.39 is 18.0 Å². The summed E-state index contributed by atoms with van der Waals surface area (Å²) in [5.74, 6) is -1.39. The fourth-order valence-electron chi connectivity index (χ4n) is 1.60. The zero-order valence-corrected chi connectivity index (χ0v) is 11.3. The van der Waals surface area contributed by atoms with E-state index in [0.717, 1.165) is 5.56 Å². The monoisotopic (exact) mass is 266 g/mol. The van der Waals surface area contributed by atoms with E-state index in [2.05, 4.69) is 0 Å². The van der Waals surface area contributed by atoms with Crippen LogP contribution in [-0.4, -0.2) is 29.8 Å². The minimum atomic E-state index is -1.09. The summed E-state index contributed by atoms with van der Waals surface area (Å²) in [5.41, 5.74) is 0.858. The van der Waals surface area contributed by atoms with Crippen molar-refractivity contribution in [3.63, 3.8) is 0 Å². The number of carbonyl (C=O) groups excluding carboxylic acids is 1. The first kappa shape index (κ1) is 15.0. The van der Waals surface area contributed by atoms with Gasteiger partial charge in [0.1, 0.15) is 11.3 Å². The number of aromatic carboxylic acids is 1. The third-order valence-corrected chi connectivity index (χ3v) is 2.55. The second-order valence-electron chi connectivity index (χ2n) is 4.07. The van der Waals surface area contributed by atoms with Crippen LogP contribution >= 0.6 is 0 Å². The Morgan fingerprint density at radius 3 is 2.53 bits per heavy atom. The summed E-state index contributed by atoms with van der Waals surface area (Å²) >= 11 is 0. The van der Waals surface area contributed by atoms with Gasteiger partial charge >= 0.3 is 11.9 Å². The smallest absolute Gasteiger partial charge is 0.347 e. The molecule has 1 aromatic carbocycles. The number of carbonyl (C=O) groups is 2. The lowest BCUT2D eigenvalue weighted by atomic mass is 10.1. The van der Waals surface area contributed by atoms with Gasteiger partial charge in [0.2, 0.25) is 0 Å². The Morgan fingerprint density at radius 2 is 2.00 bits per heavy atom. The van der Waals surface area contributed by atoms with Gasteiger partial charge in [-0.25, -0.2) is 9.59 Å². The zero-order valence-electron chi connectivity index (χ0n) is 11.3. The lowest BCUT2D eigenvalue weighted by Gasteiger charge is -2.17. The number of esters is 1. The molecule has 0 amide bonds. The predicted molar refractivity (Wildman–Crippen MR) is 69.5 cm³/mol. The molecule has 1 rings (SSSR count). The average molecular weight is 266 g/mol. The van der Waals surface area contributed by atoms with Gasteiger partial charge in [-0.2, -0.15) is 0 Å². The maximum Gasteiger partial charge on any atom is 0.347 e. The molecule has 1 N–H and O–H groups in total. The summed E-state index contributed by atoms with van der Waals surface area (Å²) in [6, 6.07) is 4.80. The molecular formula is C14H18O5. The Kier molecular flexibility index (Phi) is 5.36. The van der Waals surface area contributed by atoms with Crippen molar-refractivity contribution in [2.45, 2.75) is 33.3 Å². The fourth-order valence-corrected chi connectivity index (χ4v) is 1.60. The van der Waals surface area contributed by atoms with Crippen LogP contribution in [0.5, 0.6) is 5.75 Å². The van der Waals surface area contributed by atoms with Gasteiger partial charge in [0, 0.05) is 0 Å². The molecule has 0 saturated carbocycles. The van der Waals surface area contributed by atoms with Crippen molar-refractivity contribution in [1.29, 1.82) is 0 Å². The molecule has 0 spiro atoms. The van der Waals surface area contributed by atoms with Crippen molar-refractivity contribution in [3.8, 4) is 5.75 Å². The minimum Gasteiger partial charge on any atom is -0.478 e. The van der Waals surface area contributed by atoms with Crippen LogP contribution in [-0.2, 0) is 9.53 Å². The summed E-state index contributed by atoms with van der Waals surface area (Å²) in [4.78, 5) is 22.8. The van der Waals surface area contributed by atoms with E-state index in [1.807, 2.05) is 0 Å². The van der Waals surface area contributed by atoms with E-state index in [9.17, 15) is 9.59 Å². The van der Waals surface area contributed by atoms with Crippen LogP contribution in [0.1, 0.15) is 36.2 Å². The van der Waals surface area contributed by atoms with E-state index in [1.165, 1.54) is 6.07 Å². The number of carboxylic acid groups (broad SMARTS) is 1. The van der Waals surface area contributed by atoms with Crippen LogP contribution < -0.4 is 4.74 Å². The van der Waals surface area contributed by atoms with E-state index in [4.69, 9.17) is 14.6 Å². The predicted octanol–water partition coefficient (Wildman–Crippen LogP) is 2.41. The third kappa shape index (κ3) is 3.98. The zero-order chi connectivity index (χ0) is 14.4. The van der Waals surface area contributed by atoms with Crippen molar-refractivity contribution in [1.82, 2.24) is 0 Å². The fraction of sp³-hybridized carbons (Fsp3) is 0.429. The number of ether oxygens (including phenoxy) is 2. The molecule has 0 radical (unpaired) electrons. The molecule has 0 bridgehead atoms. The van der Waals surface area contributed by atoms with Gasteiger partial charge < -0.3 is 14.6 Å². The molecule has 19 heavy (non-hydrogen) atoms. The lowest BCUT2D eigenvalue weighted by molar-refractivity contribution is -0.151. The number of hydrogen-bond acceptors (Lipinski definition) is 4. The van der Waals surface area contributed by atoms with Crippen LogP contribution in [0, 0.1) is 6.92 Å². The Morgan fingerprint density at radius 1 is 1.32 bits per heavy atom. The van der Waals surface area contributed by atoms with Gasteiger partial charge in [0.05, 0.1) is 6.61 Å². The highest BCUT2D eigenvalue weighted by Crippen LogP contribution is 2.22. The lowest BCUT2D eigenvalue weighted by Crippen LogP contribution is -2.29. The maximum atomic E-state index is 11.6. The Balaban J connectivity index is 2.97. The van der Waals surface area contributed by atoms with Crippen molar-refractivity contribution in [2.75, 3.05) is 6.61 Å². The highest BCUT2D eigenvalue weighted by atomic mass is 16.6. The molecule has 0 heterocycles. The standard InChI is InChI=1S/C14H18O5/c1-4-11(14(17)18-5-2)19-12-7-6-9(3)8-10(12)13(15)16/h6-8,11H,4-5H2,1-3H3,(H,15,16). The molecule has 1 atom stereocenters. The summed E-state index contributed by atoms with van der Waals surface area (Å²) in [5, 5.41) is 9.12. The first-order valence-electron chi connectivity index (χ1n) is 6.16. The Hall–Kier alpha value is -2.04. The van der Waals surface area contributed by atoms with Crippen molar-refractivity contribution >= 4 is 11.9 Å². The van der Waals surface area contributed by atoms with Crippen LogP contribution in [0.2, 0.25) is 0 Å². The minimum absolute atomic E-state index is 0.0442. The Bertz CT molecular complexity index is 467. The molecular weight excluding hydrogens is 248 g/mol. The normalized spacial score (nSPS) is 11.7. The van der Waals surface area contributed by atoms with Crippen molar-refractivity contribution < 1.29 is 24.2 Å². The van der Waals surface area contributed by atoms with Gasteiger partial charge in [0.25, 0.3) is 0 Å². The van der Waals surface area contributed by atoms with E-state index in [-0.39, 0.29) is 17.9 Å². The molecule has 0 aliphatic rings. The molecule has 104 valence electrons. The molecule has 1 unspecified atom stereocenters. The van der Waals surface area contributed by atoms with Gasteiger partial charge in [-0.3, -0.25) is 0 Å². The number of carboxylic acids is 1. The molecule has 5 heteroatoms. The maximum absolute atomic E-state index is 11.6. The van der Waals surface area contributed by atoms with Gasteiger partial charge in [-0.15, -0.1) is 0 Å². The van der Waals surface area contributed by atoms with Crippen molar-refractivity contribution in [2.24, 2.45) is 0 Å². The second-order valence-corrected chi connectivity index (χ2v) is 4.07. The van der Waals surface area contributed by atoms with E-state index in [1.54, 1.807) is 32.9 Å². The van der Waals surface area contributed by atoms with Crippen molar-refractivity contribution in [3.05, 3.63) is 29.3 Å². The third-order valence-electron chi connectivity index (χ3n) is 2.55. The second kappa shape index (κ2) is 6.78. The first-order chi connectivity index (χ1) is 8.99. The summed E-state index contributed by atoms with van der Waals surface area (Å²) < 4.78 is 10.3. The molecule has 0 saturated heterocycles. The van der Waals surface area contributed by atoms with Crippen LogP contribution in [0.15, 0.2) is 18.2 Å². The summed E-state index contributed by atoms with van der Waals surface area (Å²) in [6.07, 6.45) is -0.382. The van der Waals surface area contributed by atoms with Gasteiger partial charge in [0.15, 0.2) is 6.10 Å². The highest BCUT2D eigenvalue weighted by molar-refractivity contribution is 5.91. The Labute approximate surface area is 112 Å². The number of hydrogen-bond donors (Lipinski definition) is 1. The topological polar surface area (TPSA) is 72.8 Å². The molecule has 1 aromatic rings. The quantitative estimate of drug-likeness (QED) is 0.800. The molecule has 0 aliphatic heterocycles. The van der Waals surface area contributed by atoms with Crippen LogP contribution in [0.25, 0.3) is 0 Å². The highest BCUT2D eigenvalue weighted by Gasteiger charge is 2.22. The largest absolute Gasteiger partial charge is 0.478 e. The average Bonchev–Trinajstić information content (AvgIpc) is 2.37. The molecule has 5 nitrogen and oxygen atoms in total. The summed E-state index contributed by atoms with van der Waals surface area (Å²) in [6.45, 7) is 5.53. The SMILES string of the molecule is CCOC(=O)C(CC)Oc1ccc(C)cc1C(=O)O. The number of aryl methyl sites for hydroxylation is 1. The first-order valence-corrected chi connectivity index (χ1v) is 6.16. The van der Waals surface area contributed by atoms with Gasteiger partial charge in [-0.1, -0.05) is 18.6 Å². The van der Waals surface area contributed by atoms with Crippen LogP contribution in [0.4, 0.5) is 0 Å². The van der Waals surface area contributed by atoms with Crippen LogP contribution in [0.3, 0.4) is 0 Å². The molecule has 0 fully saturated rings. The van der Waals surface area contributed by atoms with Gasteiger partial charge in [-0.05, 0) is 32.4 Å².